The minimum Gasteiger partial charge on any atom is -0.333 e. The van der Waals surface area contributed by atoms with E-state index < -0.39 is 0 Å². The van der Waals surface area contributed by atoms with E-state index in [-0.39, 0.29) is 29.5 Å². The molecule has 0 aliphatic carbocycles. The zero-order chi connectivity index (χ0) is 18.5. The standard InChI is InChI=1S/C21H24F2N2O/c1-15(10-16-4-2-6-18(22)12-16)11-21(26)25-9-8-24-14-20(25)17-5-3-7-19(23)13-17/h2-7,12-13,15,20,24H,8-11,14H2,1H3. The molecule has 0 aromatic heterocycles. The van der Waals surface area contributed by atoms with Gasteiger partial charge in [0.15, 0.2) is 0 Å². The molecule has 1 N–H and O–H groups in total. The van der Waals surface area contributed by atoms with Crippen LogP contribution < -0.4 is 5.32 Å². The highest BCUT2D eigenvalue weighted by Crippen LogP contribution is 2.25. The van der Waals surface area contributed by atoms with Crippen LogP contribution in [-0.4, -0.2) is 30.4 Å². The highest BCUT2D eigenvalue weighted by Gasteiger charge is 2.28. The summed E-state index contributed by atoms with van der Waals surface area (Å²) in [7, 11) is 0. The van der Waals surface area contributed by atoms with Crippen molar-refractivity contribution in [1.29, 1.82) is 0 Å². The number of halogens is 2. The first-order valence-electron chi connectivity index (χ1n) is 9.03. The van der Waals surface area contributed by atoms with E-state index in [0.717, 1.165) is 17.7 Å². The van der Waals surface area contributed by atoms with Crippen molar-refractivity contribution in [3.05, 3.63) is 71.3 Å². The van der Waals surface area contributed by atoms with Crippen molar-refractivity contribution >= 4 is 5.91 Å². The van der Waals surface area contributed by atoms with Crippen molar-refractivity contribution in [3.63, 3.8) is 0 Å². The molecule has 1 heterocycles. The minimum absolute atomic E-state index is 0.0599. The number of rotatable bonds is 5. The molecular weight excluding hydrogens is 334 g/mol. The predicted molar refractivity (Wildman–Crippen MR) is 97.6 cm³/mol. The van der Waals surface area contributed by atoms with Gasteiger partial charge in [-0.2, -0.15) is 0 Å². The Kier molecular flexibility index (Phi) is 5.99. The lowest BCUT2D eigenvalue weighted by atomic mass is 9.96. The molecule has 1 aliphatic rings. The van der Waals surface area contributed by atoms with Crippen LogP contribution in [0, 0.1) is 17.6 Å². The molecule has 0 bridgehead atoms. The third kappa shape index (κ3) is 4.67. The summed E-state index contributed by atoms with van der Waals surface area (Å²) in [4.78, 5) is 14.7. The normalized spacial score (nSPS) is 18.6. The summed E-state index contributed by atoms with van der Waals surface area (Å²) < 4.78 is 26.9. The van der Waals surface area contributed by atoms with E-state index in [2.05, 4.69) is 5.32 Å². The molecule has 5 heteroatoms. The van der Waals surface area contributed by atoms with Crippen LogP contribution in [0.25, 0.3) is 0 Å². The lowest BCUT2D eigenvalue weighted by Crippen LogP contribution is -2.49. The van der Waals surface area contributed by atoms with E-state index in [9.17, 15) is 13.6 Å². The second-order valence-corrected chi connectivity index (χ2v) is 7.01. The third-order valence-corrected chi connectivity index (χ3v) is 4.79. The molecule has 1 saturated heterocycles. The molecule has 2 aromatic rings. The Bertz CT molecular complexity index is 765. The van der Waals surface area contributed by atoms with Crippen molar-refractivity contribution in [3.8, 4) is 0 Å². The molecule has 3 nitrogen and oxygen atoms in total. The summed E-state index contributed by atoms with van der Waals surface area (Å²) in [6.07, 6.45) is 1.04. The first kappa shape index (κ1) is 18.5. The van der Waals surface area contributed by atoms with E-state index in [1.807, 2.05) is 24.0 Å². The average Bonchev–Trinajstić information content (AvgIpc) is 2.61. The number of hydrogen-bond acceptors (Lipinski definition) is 2. The highest BCUT2D eigenvalue weighted by molar-refractivity contribution is 5.77. The fourth-order valence-electron chi connectivity index (χ4n) is 3.57. The van der Waals surface area contributed by atoms with Gasteiger partial charge in [0.05, 0.1) is 6.04 Å². The summed E-state index contributed by atoms with van der Waals surface area (Å²) in [6.45, 7) is 3.96. The van der Waals surface area contributed by atoms with Crippen molar-refractivity contribution in [2.45, 2.75) is 25.8 Å². The van der Waals surface area contributed by atoms with Crippen LogP contribution in [0.1, 0.15) is 30.5 Å². The smallest absolute Gasteiger partial charge is 0.223 e. The predicted octanol–water partition coefficient (Wildman–Crippen LogP) is 3.71. The van der Waals surface area contributed by atoms with Gasteiger partial charge in [0.25, 0.3) is 0 Å². The molecule has 1 amide bonds. The number of carbonyl (C=O) groups is 1. The summed E-state index contributed by atoms with van der Waals surface area (Å²) in [5.74, 6) is -0.383. The molecule has 26 heavy (non-hydrogen) atoms. The molecule has 0 radical (unpaired) electrons. The zero-order valence-electron chi connectivity index (χ0n) is 14.9. The van der Waals surface area contributed by atoms with Gasteiger partial charge in [-0.15, -0.1) is 0 Å². The number of amides is 1. The SMILES string of the molecule is CC(CC(=O)N1CCNCC1c1cccc(F)c1)Cc1cccc(F)c1. The van der Waals surface area contributed by atoms with Gasteiger partial charge in [-0.1, -0.05) is 31.2 Å². The summed E-state index contributed by atoms with van der Waals surface area (Å²) in [6, 6.07) is 12.8. The third-order valence-electron chi connectivity index (χ3n) is 4.79. The second kappa shape index (κ2) is 8.41. The fraction of sp³-hybridized carbons (Fsp3) is 0.381. The number of benzene rings is 2. The van der Waals surface area contributed by atoms with E-state index in [1.54, 1.807) is 12.1 Å². The Morgan fingerprint density at radius 1 is 1.19 bits per heavy atom. The topological polar surface area (TPSA) is 32.3 Å². The molecule has 0 saturated carbocycles. The Hall–Kier alpha value is -2.27. The Morgan fingerprint density at radius 3 is 2.65 bits per heavy atom. The van der Waals surface area contributed by atoms with Gasteiger partial charge in [0.1, 0.15) is 11.6 Å². The molecule has 138 valence electrons. The van der Waals surface area contributed by atoms with E-state index in [1.165, 1.54) is 24.3 Å². The first-order chi connectivity index (χ1) is 12.5. The quantitative estimate of drug-likeness (QED) is 0.884. The first-order valence-corrected chi connectivity index (χ1v) is 9.03. The summed E-state index contributed by atoms with van der Waals surface area (Å²) in [5.41, 5.74) is 1.70. The van der Waals surface area contributed by atoms with Crippen LogP contribution in [0.4, 0.5) is 8.78 Å². The van der Waals surface area contributed by atoms with Crippen molar-refractivity contribution in [2.75, 3.05) is 19.6 Å². The molecule has 2 unspecified atom stereocenters. The monoisotopic (exact) mass is 358 g/mol. The van der Waals surface area contributed by atoms with Crippen molar-refractivity contribution in [2.24, 2.45) is 5.92 Å². The van der Waals surface area contributed by atoms with Gasteiger partial charge >= 0.3 is 0 Å². The van der Waals surface area contributed by atoms with Crippen LogP contribution in [0.5, 0.6) is 0 Å². The largest absolute Gasteiger partial charge is 0.333 e. The minimum atomic E-state index is -0.292. The second-order valence-electron chi connectivity index (χ2n) is 7.01. The maximum atomic E-state index is 13.6. The van der Waals surface area contributed by atoms with Crippen molar-refractivity contribution in [1.82, 2.24) is 10.2 Å². The van der Waals surface area contributed by atoms with Gasteiger partial charge in [-0.25, -0.2) is 8.78 Å². The van der Waals surface area contributed by atoms with E-state index >= 15 is 0 Å². The van der Waals surface area contributed by atoms with Crippen LogP contribution in [0.3, 0.4) is 0 Å². The maximum absolute atomic E-state index is 13.6. The lowest BCUT2D eigenvalue weighted by molar-refractivity contribution is -0.135. The maximum Gasteiger partial charge on any atom is 0.223 e. The van der Waals surface area contributed by atoms with Crippen LogP contribution >= 0.6 is 0 Å². The van der Waals surface area contributed by atoms with Gasteiger partial charge in [0, 0.05) is 26.1 Å². The van der Waals surface area contributed by atoms with Crippen LogP contribution in [-0.2, 0) is 11.2 Å². The van der Waals surface area contributed by atoms with E-state index in [4.69, 9.17) is 0 Å². The zero-order valence-corrected chi connectivity index (χ0v) is 14.9. The number of nitrogens with one attached hydrogen (secondary N) is 1. The van der Waals surface area contributed by atoms with Crippen molar-refractivity contribution < 1.29 is 13.6 Å². The van der Waals surface area contributed by atoms with Gasteiger partial charge in [0.2, 0.25) is 5.91 Å². The number of nitrogens with zero attached hydrogens (tertiary/aromatic N) is 1. The molecular formula is C21H24F2N2O. The molecule has 3 rings (SSSR count). The lowest BCUT2D eigenvalue weighted by Gasteiger charge is -2.37. The van der Waals surface area contributed by atoms with Gasteiger partial charge < -0.3 is 10.2 Å². The Labute approximate surface area is 153 Å². The summed E-state index contributed by atoms with van der Waals surface area (Å²) in [5, 5.41) is 3.28. The Morgan fingerprint density at radius 2 is 1.92 bits per heavy atom. The fourth-order valence-corrected chi connectivity index (χ4v) is 3.57. The van der Waals surface area contributed by atoms with Crippen LogP contribution in [0.15, 0.2) is 48.5 Å². The number of hydrogen-bond donors (Lipinski definition) is 1. The van der Waals surface area contributed by atoms with Gasteiger partial charge in [-0.05, 0) is 47.7 Å². The summed E-state index contributed by atoms with van der Waals surface area (Å²) >= 11 is 0. The Balaban J connectivity index is 1.66. The molecule has 2 atom stereocenters. The number of piperazine rings is 1. The number of carbonyl (C=O) groups excluding carboxylic acids is 1. The average molecular weight is 358 g/mol. The molecule has 1 aliphatic heterocycles. The molecule has 0 spiro atoms. The van der Waals surface area contributed by atoms with E-state index in [0.29, 0.717) is 25.9 Å². The highest BCUT2D eigenvalue weighted by atomic mass is 19.1. The van der Waals surface area contributed by atoms with Crippen LogP contribution in [0.2, 0.25) is 0 Å². The van der Waals surface area contributed by atoms with Gasteiger partial charge in [-0.3, -0.25) is 4.79 Å². The molecule has 1 fully saturated rings. The molecule has 2 aromatic carbocycles.